The molecule has 104 valence electrons. The minimum atomic E-state index is -0.331. The van der Waals surface area contributed by atoms with Gasteiger partial charge in [0.1, 0.15) is 11.6 Å². The first kappa shape index (κ1) is 15.0. The summed E-state index contributed by atoms with van der Waals surface area (Å²) in [7, 11) is 0. The minimum Gasteiger partial charge on any atom is -0.299 e. The van der Waals surface area contributed by atoms with Crippen LogP contribution in [0.3, 0.4) is 0 Å². The lowest BCUT2D eigenvalue weighted by molar-refractivity contribution is -0.117. The fourth-order valence-electron chi connectivity index (χ4n) is 1.98. The van der Waals surface area contributed by atoms with Crippen LogP contribution in [0.1, 0.15) is 16.7 Å². The molecule has 20 heavy (non-hydrogen) atoms. The van der Waals surface area contributed by atoms with E-state index in [9.17, 15) is 9.18 Å². The second kappa shape index (κ2) is 6.38. The number of ketones is 1. The fourth-order valence-corrected chi connectivity index (χ4v) is 2.46. The molecule has 0 aliphatic rings. The highest BCUT2D eigenvalue weighted by Crippen LogP contribution is 2.22. The predicted octanol–water partition coefficient (Wildman–Crippen LogP) is 4.80. The van der Waals surface area contributed by atoms with Crippen LogP contribution in [0.2, 0.25) is 10.0 Å². The number of hydrogen-bond acceptors (Lipinski definition) is 1. The van der Waals surface area contributed by atoms with Crippen molar-refractivity contribution in [3.63, 3.8) is 0 Å². The van der Waals surface area contributed by atoms with Gasteiger partial charge < -0.3 is 0 Å². The van der Waals surface area contributed by atoms with E-state index in [0.29, 0.717) is 15.6 Å². The van der Waals surface area contributed by atoms with Crippen molar-refractivity contribution in [1.82, 2.24) is 0 Å². The number of benzene rings is 2. The zero-order valence-electron chi connectivity index (χ0n) is 10.9. The van der Waals surface area contributed by atoms with Crippen LogP contribution in [0, 0.1) is 12.7 Å². The van der Waals surface area contributed by atoms with Gasteiger partial charge in [0, 0.05) is 22.9 Å². The molecule has 0 heterocycles. The van der Waals surface area contributed by atoms with Crippen molar-refractivity contribution in [3.05, 3.63) is 69.0 Å². The number of rotatable bonds is 4. The molecule has 0 amide bonds. The summed E-state index contributed by atoms with van der Waals surface area (Å²) in [6, 6.07) is 9.51. The van der Waals surface area contributed by atoms with E-state index in [1.54, 1.807) is 24.3 Å². The topological polar surface area (TPSA) is 17.1 Å². The molecule has 0 aliphatic carbocycles. The van der Waals surface area contributed by atoms with Gasteiger partial charge in [-0.3, -0.25) is 4.79 Å². The van der Waals surface area contributed by atoms with E-state index < -0.39 is 0 Å². The number of halogens is 3. The lowest BCUT2D eigenvalue weighted by Crippen LogP contribution is -2.08. The molecular weight excluding hydrogens is 298 g/mol. The Labute approximate surface area is 127 Å². The van der Waals surface area contributed by atoms with Crippen LogP contribution in [0.5, 0.6) is 0 Å². The highest BCUT2D eigenvalue weighted by molar-refractivity contribution is 6.35. The minimum absolute atomic E-state index is 0.0112. The van der Waals surface area contributed by atoms with Gasteiger partial charge in [-0.2, -0.15) is 0 Å². The van der Waals surface area contributed by atoms with Crippen LogP contribution in [0.4, 0.5) is 4.39 Å². The Bertz CT molecular complexity index is 653. The first-order valence-electron chi connectivity index (χ1n) is 6.16. The van der Waals surface area contributed by atoms with E-state index in [4.69, 9.17) is 23.2 Å². The highest BCUT2D eigenvalue weighted by Gasteiger charge is 2.10. The molecule has 0 fully saturated rings. The average Bonchev–Trinajstić information content (AvgIpc) is 2.37. The third kappa shape index (κ3) is 3.81. The van der Waals surface area contributed by atoms with Crippen molar-refractivity contribution in [1.29, 1.82) is 0 Å². The summed E-state index contributed by atoms with van der Waals surface area (Å²) in [6.07, 6.45) is 0.411. The monoisotopic (exact) mass is 310 g/mol. The summed E-state index contributed by atoms with van der Waals surface area (Å²) in [6.45, 7) is 1.86. The first-order chi connectivity index (χ1) is 9.45. The van der Waals surface area contributed by atoms with Crippen LogP contribution < -0.4 is 0 Å². The van der Waals surface area contributed by atoms with Crippen LogP contribution in [-0.2, 0) is 17.6 Å². The highest BCUT2D eigenvalue weighted by atomic mass is 35.5. The smallest absolute Gasteiger partial charge is 0.141 e. The zero-order valence-corrected chi connectivity index (χ0v) is 12.4. The quantitative estimate of drug-likeness (QED) is 0.793. The van der Waals surface area contributed by atoms with Crippen LogP contribution in [0.25, 0.3) is 0 Å². The van der Waals surface area contributed by atoms with E-state index in [1.807, 2.05) is 6.92 Å². The third-order valence-corrected chi connectivity index (χ3v) is 3.69. The molecule has 0 radical (unpaired) electrons. The molecule has 0 atom stereocenters. The lowest BCUT2D eigenvalue weighted by Gasteiger charge is -2.07. The van der Waals surface area contributed by atoms with E-state index in [0.717, 1.165) is 11.1 Å². The second-order valence-electron chi connectivity index (χ2n) is 4.70. The van der Waals surface area contributed by atoms with Gasteiger partial charge in [-0.05, 0) is 47.9 Å². The average molecular weight is 311 g/mol. The maximum absolute atomic E-state index is 13.2. The normalized spacial score (nSPS) is 10.6. The molecule has 0 aromatic heterocycles. The zero-order chi connectivity index (χ0) is 14.7. The first-order valence-corrected chi connectivity index (χ1v) is 6.92. The molecule has 0 saturated carbocycles. The molecule has 0 aliphatic heterocycles. The summed E-state index contributed by atoms with van der Waals surface area (Å²) in [4.78, 5) is 12.1. The molecule has 1 nitrogen and oxygen atoms in total. The summed E-state index contributed by atoms with van der Waals surface area (Å²) in [5.41, 5.74) is 2.34. The van der Waals surface area contributed by atoms with Gasteiger partial charge in [0.05, 0.1) is 0 Å². The molecule has 4 heteroatoms. The van der Waals surface area contributed by atoms with Gasteiger partial charge in [0.15, 0.2) is 0 Å². The van der Waals surface area contributed by atoms with Crippen LogP contribution in [0.15, 0.2) is 36.4 Å². The SMILES string of the molecule is Cc1ccc(F)cc1CC(=O)Cc1ccc(Cl)cc1Cl. The Balaban J connectivity index is 2.11. The molecular formula is C16H13Cl2FO. The summed E-state index contributed by atoms with van der Waals surface area (Å²) in [5, 5.41) is 1.01. The number of aryl methyl sites for hydroxylation is 1. The summed E-state index contributed by atoms with van der Waals surface area (Å²) in [5.74, 6) is -0.342. The van der Waals surface area contributed by atoms with E-state index in [2.05, 4.69) is 0 Å². The Hall–Kier alpha value is -1.38. The molecule has 0 saturated heterocycles. The van der Waals surface area contributed by atoms with Gasteiger partial charge in [-0.25, -0.2) is 4.39 Å². The Morgan fingerprint density at radius 1 is 1.05 bits per heavy atom. The van der Waals surface area contributed by atoms with Gasteiger partial charge in [0.25, 0.3) is 0 Å². The molecule has 2 rings (SSSR count). The van der Waals surface area contributed by atoms with Crippen molar-refractivity contribution < 1.29 is 9.18 Å². The molecule has 0 unspecified atom stereocenters. The van der Waals surface area contributed by atoms with Gasteiger partial charge in [-0.15, -0.1) is 0 Å². The second-order valence-corrected chi connectivity index (χ2v) is 5.54. The van der Waals surface area contributed by atoms with Crippen molar-refractivity contribution >= 4 is 29.0 Å². The van der Waals surface area contributed by atoms with Crippen LogP contribution >= 0.6 is 23.2 Å². The Morgan fingerprint density at radius 3 is 2.45 bits per heavy atom. The van der Waals surface area contributed by atoms with Crippen molar-refractivity contribution in [2.75, 3.05) is 0 Å². The third-order valence-electron chi connectivity index (χ3n) is 3.10. The number of Topliss-reactive ketones (excluding diaryl/α,β-unsaturated/α-hetero) is 1. The van der Waals surface area contributed by atoms with Crippen molar-refractivity contribution in [3.8, 4) is 0 Å². The Morgan fingerprint density at radius 2 is 1.75 bits per heavy atom. The van der Waals surface area contributed by atoms with Crippen molar-refractivity contribution in [2.45, 2.75) is 19.8 Å². The number of carbonyl (C=O) groups is 1. The van der Waals surface area contributed by atoms with Crippen molar-refractivity contribution in [2.24, 2.45) is 0 Å². The summed E-state index contributed by atoms with van der Waals surface area (Å²) < 4.78 is 13.2. The van der Waals surface area contributed by atoms with E-state index in [-0.39, 0.29) is 24.4 Å². The standard InChI is InChI=1S/C16H13Cl2FO/c1-10-2-5-14(19)6-12(10)8-15(20)7-11-3-4-13(17)9-16(11)18/h2-6,9H,7-8H2,1H3. The molecule has 2 aromatic rings. The maximum atomic E-state index is 13.2. The Kier molecular flexibility index (Phi) is 4.79. The molecule has 2 aromatic carbocycles. The fraction of sp³-hybridized carbons (Fsp3) is 0.188. The molecule has 0 bridgehead atoms. The molecule has 0 spiro atoms. The lowest BCUT2D eigenvalue weighted by atomic mass is 9.99. The summed E-state index contributed by atoms with van der Waals surface area (Å²) >= 11 is 11.8. The predicted molar refractivity (Wildman–Crippen MR) is 80.0 cm³/mol. The van der Waals surface area contributed by atoms with Gasteiger partial charge >= 0.3 is 0 Å². The van der Waals surface area contributed by atoms with E-state index in [1.165, 1.54) is 12.1 Å². The number of hydrogen-bond donors (Lipinski definition) is 0. The van der Waals surface area contributed by atoms with E-state index >= 15 is 0 Å². The van der Waals surface area contributed by atoms with Gasteiger partial charge in [0.2, 0.25) is 0 Å². The number of carbonyl (C=O) groups excluding carboxylic acids is 1. The largest absolute Gasteiger partial charge is 0.299 e. The maximum Gasteiger partial charge on any atom is 0.141 e. The molecule has 0 N–H and O–H groups in total. The van der Waals surface area contributed by atoms with Gasteiger partial charge in [-0.1, -0.05) is 35.3 Å². The van der Waals surface area contributed by atoms with Crippen LogP contribution in [-0.4, -0.2) is 5.78 Å².